The normalized spacial score (nSPS) is 17.1. The van der Waals surface area contributed by atoms with Crippen LogP contribution in [-0.2, 0) is 22.1 Å². The first-order valence-corrected chi connectivity index (χ1v) is 18.0. The van der Waals surface area contributed by atoms with Gasteiger partial charge in [0.05, 0.1) is 27.1 Å². The number of benzene rings is 1. The van der Waals surface area contributed by atoms with E-state index in [1.165, 1.54) is 23.3 Å². The lowest BCUT2D eigenvalue weighted by Crippen LogP contribution is -2.43. The van der Waals surface area contributed by atoms with E-state index in [1.54, 1.807) is 11.0 Å². The van der Waals surface area contributed by atoms with Crippen molar-refractivity contribution in [3.05, 3.63) is 58.2 Å². The number of aromatic nitrogens is 2. The molecule has 236 valence electrons. The Kier molecular flexibility index (Phi) is 9.06. The fourth-order valence-electron chi connectivity index (χ4n) is 6.71. The van der Waals surface area contributed by atoms with E-state index >= 15 is 0 Å². The van der Waals surface area contributed by atoms with Crippen LogP contribution in [0.2, 0.25) is 0 Å². The Balaban J connectivity index is 1.50. The van der Waals surface area contributed by atoms with Crippen LogP contribution in [0.5, 0.6) is 0 Å². The fourth-order valence-corrected chi connectivity index (χ4v) is 8.89. The monoisotopic (exact) mass is 644 g/mol. The minimum atomic E-state index is -0.948. The summed E-state index contributed by atoms with van der Waals surface area (Å²) < 4.78 is 15.0. The first-order valence-electron chi connectivity index (χ1n) is 15.7. The van der Waals surface area contributed by atoms with Crippen LogP contribution < -0.4 is 0 Å². The van der Waals surface area contributed by atoms with Crippen molar-refractivity contribution in [1.29, 1.82) is 0 Å². The number of amides is 1. The summed E-state index contributed by atoms with van der Waals surface area (Å²) >= 11 is 1.32. The van der Waals surface area contributed by atoms with E-state index in [2.05, 4.69) is 27.8 Å². The number of hydrogen-bond acceptors (Lipinski definition) is 6. The molecule has 0 bridgehead atoms. The van der Waals surface area contributed by atoms with Gasteiger partial charge in [0.15, 0.2) is 0 Å². The average molecular weight is 645 g/mol. The number of aliphatic imine (C=N–C) groups is 1. The van der Waals surface area contributed by atoms with Crippen molar-refractivity contribution in [2.75, 3.05) is 24.6 Å². The Bertz CT molecular complexity index is 1880. The molecule has 4 heterocycles. The molecule has 1 aliphatic carbocycles. The molecule has 1 saturated carbocycles. The van der Waals surface area contributed by atoms with Crippen molar-refractivity contribution < 1.29 is 18.9 Å². The molecule has 0 radical (unpaired) electrons. The lowest BCUT2D eigenvalue weighted by atomic mass is 9.83. The largest absolute Gasteiger partial charge is 0.477 e. The summed E-state index contributed by atoms with van der Waals surface area (Å²) in [5.74, 6) is 0.299. The van der Waals surface area contributed by atoms with E-state index < -0.39 is 16.8 Å². The molecule has 0 atom stereocenters. The first-order chi connectivity index (χ1) is 21.6. The molecule has 1 amide bonds. The number of rotatable bonds is 7. The molecule has 1 N–H and O–H groups in total. The SMILES string of the molecule is CC(C)=N/C(C)=C(\C)c1ccc2cc(-c3c(C4CCCCC4)c4sc(C(=O)O)cc4n3CC(=O)N3CCS(=O)CC3)ccc2n1. The molecule has 0 unspecified atom stereocenters. The Morgan fingerprint density at radius 3 is 2.44 bits per heavy atom. The minimum Gasteiger partial charge on any atom is -0.477 e. The van der Waals surface area contributed by atoms with Crippen molar-refractivity contribution >= 4 is 66.4 Å². The second kappa shape index (κ2) is 13.0. The number of carboxylic acids is 1. The average Bonchev–Trinajstić information content (AvgIpc) is 3.59. The summed E-state index contributed by atoms with van der Waals surface area (Å²) in [5, 5.41) is 10.9. The Morgan fingerprint density at radius 1 is 1.02 bits per heavy atom. The molecule has 4 aromatic rings. The molecule has 1 aromatic carbocycles. The number of hydrogen-bond donors (Lipinski definition) is 1. The van der Waals surface area contributed by atoms with Crippen LogP contribution in [-0.4, -0.2) is 65.9 Å². The van der Waals surface area contributed by atoms with Gasteiger partial charge in [0.25, 0.3) is 0 Å². The molecule has 2 fully saturated rings. The number of carbonyl (C=O) groups is 2. The molecule has 8 nitrogen and oxygen atoms in total. The number of pyridine rings is 1. The first kappa shape index (κ1) is 31.4. The highest BCUT2D eigenvalue weighted by Gasteiger charge is 2.31. The fraction of sp³-hybridized carbons (Fsp3) is 0.429. The summed E-state index contributed by atoms with van der Waals surface area (Å²) in [4.78, 5) is 37.5. The van der Waals surface area contributed by atoms with Gasteiger partial charge >= 0.3 is 5.97 Å². The second-order valence-corrected chi connectivity index (χ2v) is 15.2. The number of nitrogens with zero attached hydrogens (tertiary/aromatic N) is 4. The highest BCUT2D eigenvalue weighted by molar-refractivity contribution is 7.85. The number of aromatic carboxylic acids is 1. The summed E-state index contributed by atoms with van der Waals surface area (Å²) in [6.45, 7) is 9.08. The lowest BCUT2D eigenvalue weighted by molar-refractivity contribution is -0.131. The summed E-state index contributed by atoms with van der Waals surface area (Å²) in [6, 6.07) is 12.2. The van der Waals surface area contributed by atoms with Gasteiger partial charge in [-0.2, -0.15) is 0 Å². The van der Waals surface area contributed by atoms with Crippen LogP contribution in [0, 0.1) is 0 Å². The highest BCUT2D eigenvalue weighted by atomic mass is 32.2. The Hall–Kier alpha value is -3.63. The van der Waals surface area contributed by atoms with Gasteiger partial charge in [-0.25, -0.2) is 9.78 Å². The van der Waals surface area contributed by atoms with Gasteiger partial charge in [-0.1, -0.05) is 31.4 Å². The van der Waals surface area contributed by atoms with Crippen LogP contribution in [0.3, 0.4) is 0 Å². The van der Waals surface area contributed by atoms with E-state index in [1.807, 2.05) is 39.8 Å². The van der Waals surface area contributed by atoms with Crippen molar-refractivity contribution in [2.45, 2.75) is 72.3 Å². The Labute approximate surface area is 270 Å². The second-order valence-electron chi connectivity index (χ2n) is 12.4. The van der Waals surface area contributed by atoms with Crippen molar-refractivity contribution in [3.63, 3.8) is 0 Å². The number of carboxylic acid groups (broad SMARTS) is 1. The molecular formula is C35H40N4O4S2. The van der Waals surface area contributed by atoms with Crippen molar-refractivity contribution in [3.8, 4) is 11.3 Å². The highest BCUT2D eigenvalue weighted by Crippen LogP contribution is 2.47. The van der Waals surface area contributed by atoms with E-state index in [-0.39, 0.29) is 17.3 Å². The van der Waals surface area contributed by atoms with Gasteiger partial charge in [-0.05, 0) is 87.4 Å². The van der Waals surface area contributed by atoms with Gasteiger partial charge < -0.3 is 14.6 Å². The maximum absolute atomic E-state index is 13.7. The maximum atomic E-state index is 13.7. The molecule has 10 heteroatoms. The van der Waals surface area contributed by atoms with Crippen LogP contribution in [0.25, 0.3) is 38.0 Å². The van der Waals surface area contributed by atoms with E-state index in [9.17, 15) is 18.9 Å². The van der Waals surface area contributed by atoms with Gasteiger partial charge in [0.2, 0.25) is 5.91 Å². The molecule has 0 spiro atoms. The summed E-state index contributed by atoms with van der Waals surface area (Å²) in [7, 11) is -0.885. The van der Waals surface area contributed by atoms with Gasteiger partial charge in [-0.3, -0.25) is 14.0 Å². The summed E-state index contributed by atoms with van der Waals surface area (Å²) in [6.07, 6.45) is 5.56. The third-order valence-electron chi connectivity index (χ3n) is 9.10. The standard InChI is InChI=1S/C35H40N4O4S2/c1-21(2)36-23(4)22(3)27-12-10-25-18-26(11-13-28(25)37-27)33-32(24-8-6-5-7-9-24)34-29(19-30(44-34)35(41)42)39(33)20-31(40)38-14-16-45(43)17-15-38/h10-13,18-19,24H,5-9,14-17,20H2,1-4H3,(H,41,42)/b23-22+. The molecule has 3 aromatic heterocycles. The van der Waals surface area contributed by atoms with Crippen LogP contribution in [0.4, 0.5) is 0 Å². The summed E-state index contributed by atoms with van der Waals surface area (Å²) in [5.41, 5.74) is 8.71. The predicted molar refractivity (Wildman–Crippen MR) is 185 cm³/mol. The molecule has 1 saturated heterocycles. The number of allylic oxidation sites excluding steroid dienone is 2. The number of carbonyl (C=O) groups excluding carboxylic acids is 1. The third kappa shape index (κ3) is 6.40. The zero-order chi connectivity index (χ0) is 31.8. The van der Waals surface area contributed by atoms with Crippen LogP contribution >= 0.6 is 11.3 Å². The molecule has 6 rings (SSSR count). The third-order valence-corrected chi connectivity index (χ3v) is 11.5. The topological polar surface area (TPSA) is 105 Å². The molecular weight excluding hydrogens is 605 g/mol. The van der Waals surface area contributed by atoms with Gasteiger partial charge in [-0.15, -0.1) is 11.3 Å². The lowest BCUT2D eigenvalue weighted by Gasteiger charge is -2.27. The molecule has 1 aliphatic heterocycles. The van der Waals surface area contributed by atoms with Crippen LogP contribution in [0.15, 0.2) is 47.1 Å². The van der Waals surface area contributed by atoms with Gasteiger partial charge in [0.1, 0.15) is 11.4 Å². The minimum absolute atomic E-state index is 0.0298. The Morgan fingerprint density at radius 2 is 1.76 bits per heavy atom. The van der Waals surface area contributed by atoms with E-state index in [0.29, 0.717) is 30.5 Å². The number of fused-ring (bicyclic) bond motifs is 2. The molecule has 45 heavy (non-hydrogen) atoms. The molecule has 2 aliphatic rings. The zero-order valence-electron chi connectivity index (χ0n) is 26.4. The van der Waals surface area contributed by atoms with E-state index in [0.717, 1.165) is 80.7 Å². The van der Waals surface area contributed by atoms with Crippen molar-refractivity contribution in [1.82, 2.24) is 14.5 Å². The van der Waals surface area contributed by atoms with E-state index in [4.69, 9.17) is 4.98 Å². The predicted octanol–water partition coefficient (Wildman–Crippen LogP) is 7.49. The van der Waals surface area contributed by atoms with Gasteiger partial charge in [0, 0.05) is 52.2 Å². The van der Waals surface area contributed by atoms with Crippen LogP contribution in [0.1, 0.15) is 86.6 Å². The smallest absolute Gasteiger partial charge is 0.345 e. The van der Waals surface area contributed by atoms with Crippen molar-refractivity contribution in [2.24, 2.45) is 4.99 Å². The number of thiophene rings is 1. The quantitative estimate of drug-likeness (QED) is 0.210. The maximum Gasteiger partial charge on any atom is 0.345 e. The zero-order valence-corrected chi connectivity index (χ0v) is 28.0.